The Morgan fingerprint density at radius 3 is 1.36 bits per heavy atom. The lowest BCUT2D eigenvalue weighted by molar-refractivity contribution is -0.138. The molecule has 0 radical (unpaired) electrons. The average molecular weight is 354 g/mol. The van der Waals surface area contributed by atoms with Crippen molar-refractivity contribution in [2.45, 2.75) is 38.5 Å². The van der Waals surface area contributed by atoms with Gasteiger partial charge in [0, 0.05) is 25.9 Å². The van der Waals surface area contributed by atoms with Crippen LogP contribution in [0.5, 0.6) is 0 Å². The number of aliphatic carboxylic acids is 2. The molecule has 0 heterocycles. The molecule has 0 unspecified atom stereocenters. The maximum Gasteiger partial charge on any atom is 0.303 e. The Labute approximate surface area is 139 Å². The Hall–Kier alpha value is -1.68. The third kappa shape index (κ3) is 20.6. The van der Waals surface area contributed by atoms with E-state index in [0.29, 0.717) is 38.8 Å². The molecule has 6 N–H and O–H groups in total. The van der Waals surface area contributed by atoms with E-state index in [1.165, 1.54) is 0 Å². The van der Waals surface area contributed by atoms with Gasteiger partial charge in [-0.05, 0) is 50.1 Å². The fourth-order valence-electron chi connectivity index (χ4n) is 1.46. The van der Waals surface area contributed by atoms with E-state index in [-0.39, 0.29) is 18.0 Å². The predicted octanol–water partition coefficient (Wildman–Crippen LogP) is 1.43. The van der Waals surface area contributed by atoms with Crippen molar-refractivity contribution in [3.63, 3.8) is 0 Å². The number of nitrogens with zero attached hydrogens (tertiary/aromatic N) is 1. The molecule has 0 atom stereocenters. The second kappa shape index (κ2) is 14.3. The van der Waals surface area contributed by atoms with Gasteiger partial charge in [0.25, 0.3) is 10.3 Å². The summed E-state index contributed by atoms with van der Waals surface area (Å²) in [4.78, 5) is 22.2. The highest BCUT2D eigenvalue weighted by Crippen LogP contribution is 2.04. The minimum absolute atomic E-state index is 0.102. The Bertz CT molecular complexity index is 353. The number of hydrogen-bond acceptors (Lipinski definition) is 4. The monoisotopic (exact) mass is 354 g/mol. The van der Waals surface area contributed by atoms with E-state index in [9.17, 15) is 14.7 Å². The van der Waals surface area contributed by atoms with Crippen LogP contribution >= 0.6 is 24.4 Å². The van der Waals surface area contributed by atoms with E-state index in [1.54, 1.807) is 4.90 Å². The molecule has 0 aromatic rings. The molecule has 0 aliphatic rings. The first-order chi connectivity index (χ1) is 10.2. The molecule has 10 heteroatoms. The lowest BCUT2D eigenvalue weighted by Crippen LogP contribution is -2.31. The SMILES string of the molecule is NC(O)=S.O=C(O)CCCCN(CCCCC(=O)O)C(O)=S. The lowest BCUT2D eigenvalue weighted by atomic mass is 10.2. The van der Waals surface area contributed by atoms with Crippen molar-refractivity contribution in [2.75, 3.05) is 13.1 Å². The summed E-state index contributed by atoms with van der Waals surface area (Å²) in [6, 6.07) is 0. The largest absolute Gasteiger partial charge is 0.487 e. The highest BCUT2D eigenvalue weighted by Gasteiger charge is 2.08. The number of unbranched alkanes of at least 4 members (excludes halogenated alkanes) is 2. The molecule has 0 spiro atoms. The van der Waals surface area contributed by atoms with Crippen molar-refractivity contribution >= 4 is 46.7 Å². The number of hydrogen-bond donors (Lipinski definition) is 5. The first-order valence-electron chi connectivity index (χ1n) is 6.56. The molecule has 0 amide bonds. The molecule has 0 aromatic heterocycles. The van der Waals surface area contributed by atoms with Crippen LogP contribution in [0.15, 0.2) is 0 Å². The van der Waals surface area contributed by atoms with Gasteiger partial charge in [0.15, 0.2) is 0 Å². The predicted molar refractivity (Wildman–Crippen MR) is 89.2 cm³/mol. The molecular formula is C12H22N2O6S2. The molecule has 128 valence electrons. The molecule has 0 saturated heterocycles. The number of carboxylic acids is 2. The third-order valence-electron chi connectivity index (χ3n) is 2.41. The van der Waals surface area contributed by atoms with Crippen molar-refractivity contribution < 1.29 is 30.0 Å². The minimum Gasteiger partial charge on any atom is -0.487 e. The summed E-state index contributed by atoms with van der Waals surface area (Å²) >= 11 is 8.54. The van der Waals surface area contributed by atoms with Crippen LogP contribution < -0.4 is 5.73 Å². The number of carboxylic acid groups (broad SMARTS) is 2. The van der Waals surface area contributed by atoms with Crippen molar-refractivity contribution in [1.82, 2.24) is 4.90 Å². The van der Waals surface area contributed by atoms with Gasteiger partial charge in [-0.1, -0.05) is 0 Å². The van der Waals surface area contributed by atoms with Gasteiger partial charge < -0.3 is 31.1 Å². The zero-order valence-electron chi connectivity index (χ0n) is 12.1. The van der Waals surface area contributed by atoms with E-state index < -0.39 is 17.1 Å². The Balaban J connectivity index is 0. The zero-order chi connectivity index (χ0) is 17.5. The average Bonchev–Trinajstić information content (AvgIpc) is 2.35. The summed E-state index contributed by atoms with van der Waals surface area (Å²) in [5, 5.41) is 33.0. The van der Waals surface area contributed by atoms with Crippen molar-refractivity contribution in [1.29, 1.82) is 0 Å². The van der Waals surface area contributed by atoms with E-state index in [2.05, 4.69) is 30.2 Å². The van der Waals surface area contributed by atoms with Gasteiger partial charge in [-0.2, -0.15) is 0 Å². The summed E-state index contributed by atoms with van der Waals surface area (Å²) in [5.41, 5.74) is 4.40. The topological polar surface area (TPSA) is 144 Å². The summed E-state index contributed by atoms with van der Waals surface area (Å²) in [6.45, 7) is 0.991. The summed E-state index contributed by atoms with van der Waals surface area (Å²) in [5.74, 6) is -1.68. The van der Waals surface area contributed by atoms with Crippen LogP contribution in [0, 0.1) is 0 Å². The molecule has 0 fully saturated rings. The number of aliphatic hydroxyl groups is 2. The van der Waals surface area contributed by atoms with Crippen molar-refractivity contribution in [2.24, 2.45) is 5.73 Å². The number of nitrogens with two attached hydrogens (primary N) is 1. The highest BCUT2D eigenvalue weighted by atomic mass is 32.1. The van der Waals surface area contributed by atoms with Crippen molar-refractivity contribution in [3.05, 3.63) is 0 Å². The van der Waals surface area contributed by atoms with Crippen LogP contribution in [0.25, 0.3) is 0 Å². The van der Waals surface area contributed by atoms with Gasteiger partial charge in [-0.3, -0.25) is 9.59 Å². The fourth-order valence-corrected chi connectivity index (χ4v) is 1.64. The van der Waals surface area contributed by atoms with Gasteiger partial charge in [-0.25, -0.2) is 0 Å². The Morgan fingerprint density at radius 1 is 0.818 bits per heavy atom. The number of carbonyl (C=O) groups is 2. The van der Waals surface area contributed by atoms with E-state index >= 15 is 0 Å². The molecule has 0 aliphatic carbocycles. The summed E-state index contributed by atoms with van der Waals surface area (Å²) in [6.07, 6.45) is 2.53. The van der Waals surface area contributed by atoms with Gasteiger partial charge in [0.05, 0.1) is 0 Å². The lowest BCUT2D eigenvalue weighted by Gasteiger charge is -2.21. The standard InChI is InChI=1S/C11H19NO5S.CH3NOS/c13-9(14)5-1-3-7-12(11(17)18)8-4-2-6-10(15)16;2-1(3)4/h1-8H2,(H,13,14)(H,15,16)(H,17,18);(H3,2,3,4). The second-order valence-corrected chi connectivity index (χ2v) is 5.09. The highest BCUT2D eigenvalue weighted by molar-refractivity contribution is 7.80. The van der Waals surface area contributed by atoms with Gasteiger partial charge in [-0.15, -0.1) is 0 Å². The van der Waals surface area contributed by atoms with Gasteiger partial charge >= 0.3 is 11.9 Å². The first-order valence-corrected chi connectivity index (χ1v) is 7.38. The molecule has 0 bridgehead atoms. The third-order valence-corrected chi connectivity index (χ3v) is 2.67. The maximum atomic E-state index is 10.3. The summed E-state index contributed by atoms with van der Waals surface area (Å²) < 4.78 is 0. The number of aliphatic hydroxyl groups excluding tert-OH is 2. The maximum absolute atomic E-state index is 10.3. The number of thiocarbonyl (C=S) groups is 2. The Kier molecular flexibility index (Phi) is 14.7. The molecule has 0 aliphatic heterocycles. The van der Waals surface area contributed by atoms with Gasteiger partial charge in [0.2, 0.25) is 0 Å². The molecule has 22 heavy (non-hydrogen) atoms. The molecule has 0 aromatic carbocycles. The van der Waals surface area contributed by atoms with Crippen LogP contribution in [0.2, 0.25) is 0 Å². The molecule has 0 saturated carbocycles. The van der Waals surface area contributed by atoms with Crippen molar-refractivity contribution in [3.8, 4) is 0 Å². The van der Waals surface area contributed by atoms with E-state index in [0.717, 1.165) is 0 Å². The smallest absolute Gasteiger partial charge is 0.303 e. The summed E-state index contributed by atoms with van der Waals surface area (Å²) in [7, 11) is 0. The van der Waals surface area contributed by atoms with Crippen LogP contribution in [-0.2, 0) is 9.59 Å². The van der Waals surface area contributed by atoms with Crippen LogP contribution in [0.1, 0.15) is 38.5 Å². The second-order valence-electron chi connectivity index (χ2n) is 4.31. The number of rotatable bonds is 10. The van der Waals surface area contributed by atoms with Crippen LogP contribution in [0.4, 0.5) is 0 Å². The van der Waals surface area contributed by atoms with Crippen LogP contribution in [-0.4, -0.2) is 60.7 Å². The Morgan fingerprint density at radius 2 is 1.14 bits per heavy atom. The normalized spacial score (nSPS) is 9.27. The molecule has 8 nitrogen and oxygen atoms in total. The van der Waals surface area contributed by atoms with Crippen LogP contribution in [0.3, 0.4) is 0 Å². The first kappa shape index (κ1) is 22.6. The molecule has 0 rings (SSSR count). The fraction of sp³-hybridized carbons (Fsp3) is 0.667. The van der Waals surface area contributed by atoms with E-state index in [1.807, 2.05) is 0 Å². The quantitative estimate of drug-likeness (QED) is 0.288. The zero-order valence-corrected chi connectivity index (χ0v) is 13.7. The van der Waals surface area contributed by atoms with Gasteiger partial charge in [0.1, 0.15) is 0 Å². The minimum atomic E-state index is -0.838. The van der Waals surface area contributed by atoms with E-state index in [4.69, 9.17) is 15.3 Å². The molecular weight excluding hydrogens is 332 g/mol.